The molecule has 7 nitrogen and oxygen atoms in total. The number of nitrogens with one attached hydrogen (secondary N) is 1. The third kappa shape index (κ3) is 8.01. The second-order valence-corrected chi connectivity index (χ2v) is 11.2. The van der Waals surface area contributed by atoms with Crippen molar-refractivity contribution in [2.24, 2.45) is 0 Å². The third-order valence-corrected chi connectivity index (χ3v) is 7.10. The van der Waals surface area contributed by atoms with Crippen LogP contribution < -0.4 is 9.62 Å². The minimum absolute atomic E-state index is 0.0541. The van der Waals surface area contributed by atoms with Gasteiger partial charge in [0.15, 0.2) is 0 Å². The summed E-state index contributed by atoms with van der Waals surface area (Å²) in [6, 6.07) is 12.8. The van der Waals surface area contributed by atoms with E-state index in [1.165, 1.54) is 4.90 Å². The standard InChI is InChI=1S/C23H29BrClN3O4S/c1-5-16(2)26-23(30)17(3)27(14-18-9-11-20(25)12-10-18)22(29)15-28(33(4,31)32)21-8-6-7-19(24)13-21/h6-13,16-17H,5,14-15H2,1-4H3,(H,26,30). The second-order valence-electron chi connectivity index (χ2n) is 7.89. The topological polar surface area (TPSA) is 86.8 Å². The molecule has 2 aromatic rings. The molecule has 0 aliphatic heterocycles. The van der Waals surface area contributed by atoms with Gasteiger partial charge in [0, 0.05) is 22.1 Å². The Morgan fingerprint density at radius 1 is 1.12 bits per heavy atom. The van der Waals surface area contributed by atoms with Gasteiger partial charge in [0.1, 0.15) is 12.6 Å². The van der Waals surface area contributed by atoms with Crippen LogP contribution >= 0.6 is 27.5 Å². The maximum absolute atomic E-state index is 13.4. The summed E-state index contributed by atoms with van der Waals surface area (Å²) in [6.45, 7) is 5.16. The molecule has 2 atom stereocenters. The Labute approximate surface area is 209 Å². The van der Waals surface area contributed by atoms with Crippen LogP contribution in [0, 0.1) is 0 Å². The fraction of sp³-hybridized carbons (Fsp3) is 0.391. The van der Waals surface area contributed by atoms with Crippen molar-refractivity contribution < 1.29 is 18.0 Å². The number of hydrogen-bond donors (Lipinski definition) is 1. The van der Waals surface area contributed by atoms with E-state index in [4.69, 9.17) is 11.6 Å². The van der Waals surface area contributed by atoms with Crippen molar-refractivity contribution in [3.05, 3.63) is 63.6 Å². The number of hydrogen-bond acceptors (Lipinski definition) is 4. The molecule has 0 radical (unpaired) electrons. The zero-order valence-corrected chi connectivity index (χ0v) is 22.2. The highest BCUT2D eigenvalue weighted by atomic mass is 79.9. The maximum Gasteiger partial charge on any atom is 0.244 e. The predicted octanol–water partition coefficient (Wildman–Crippen LogP) is 4.20. The Balaban J connectivity index is 2.37. The van der Waals surface area contributed by atoms with Gasteiger partial charge in [-0.3, -0.25) is 13.9 Å². The lowest BCUT2D eigenvalue weighted by atomic mass is 10.1. The van der Waals surface area contributed by atoms with Crippen LogP contribution in [0.15, 0.2) is 53.0 Å². The van der Waals surface area contributed by atoms with E-state index >= 15 is 0 Å². The molecule has 33 heavy (non-hydrogen) atoms. The molecule has 2 amide bonds. The van der Waals surface area contributed by atoms with Gasteiger partial charge in [-0.25, -0.2) is 8.42 Å². The molecule has 1 N–H and O–H groups in total. The van der Waals surface area contributed by atoms with Crippen molar-refractivity contribution in [1.82, 2.24) is 10.2 Å². The van der Waals surface area contributed by atoms with Gasteiger partial charge in [0.2, 0.25) is 21.8 Å². The number of nitrogens with zero attached hydrogens (tertiary/aromatic N) is 2. The van der Waals surface area contributed by atoms with E-state index in [1.54, 1.807) is 55.5 Å². The largest absolute Gasteiger partial charge is 0.352 e. The number of carbonyl (C=O) groups excluding carboxylic acids is 2. The van der Waals surface area contributed by atoms with E-state index in [0.717, 1.165) is 22.5 Å². The van der Waals surface area contributed by atoms with Crippen molar-refractivity contribution in [2.45, 2.75) is 45.8 Å². The van der Waals surface area contributed by atoms with Gasteiger partial charge >= 0.3 is 0 Å². The highest BCUT2D eigenvalue weighted by Gasteiger charge is 2.30. The average molecular weight is 559 g/mol. The quantitative estimate of drug-likeness (QED) is 0.474. The Morgan fingerprint density at radius 3 is 2.30 bits per heavy atom. The molecule has 0 heterocycles. The molecular weight excluding hydrogens is 530 g/mol. The number of benzene rings is 2. The van der Waals surface area contributed by atoms with E-state index in [2.05, 4.69) is 21.2 Å². The Hall–Kier alpha value is -2.10. The molecule has 0 saturated carbocycles. The average Bonchev–Trinajstić information content (AvgIpc) is 2.75. The van der Waals surface area contributed by atoms with Crippen molar-refractivity contribution in [3.8, 4) is 0 Å². The first-order valence-corrected chi connectivity index (χ1v) is 13.5. The lowest BCUT2D eigenvalue weighted by Gasteiger charge is -2.32. The van der Waals surface area contributed by atoms with Crippen LogP contribution in [-0.4, -0.2) is 50.0 Å². The number of halogens is 2. The SMILES string of the molecule is CCC(C)NC(=O)C(C)N(Cc1ccc(Cl)cc1)C(=O)CN(c1cccc(Br)c1)S(C)(=O)=O. The summed E-state index contributed by atoms with van der Waals surface area (Å²) in [5.41, 5.74) is 1.12. The molecule has 2 aromatic carbocycles. The van der Waals surface area contributed by atoms with E-state index in [1.807, 2.05) is 13.8 Å². The summed E-state index contributed by atoms with van der Waals surface area (Å²) in [6.07, 6.45) is 1.79. The van der Waals surface area contributed by atoms with Gasteiger partial charge in [-0.05, 0) is 56.2 Å². The van der Waals surface area contributed by atoms with Crippen LogP contribution in [-0.2, 0) is 26.2 Å². The fourth-order valence-corrected chi connectivity index (χ4v) is 4.43. The molecule has 0 aliphatic carbocycles. The summed E-state index contributed by atoms with van der Waals surface area (Å²) in [4.78, 5) is 27.7. The molecule has 2 rings (SSSR count). The molecule has 0 aliphatic rings. The van der Waals surface area contributed by atoms with Crippen LogP contribution in [0.2, 0.25) is 5.02 Å². The Kier molecular flexibility index (Phi) is 9.75. The van der Waals surface area contributed by atoms with E-state index in [0.29, 0.717) is 15.2 Å². The number of sulfonamides is 1. The monoisotopic (exact) mass is 557 g/mol. The van der Waals surface area contributed by atoms with Gasteiger partial charge in [-0.1, -0.05) is 52.7 Å². The van der Waals surface area contributed by atoms with Crippen LogP contribution in [0.4, 0.5) is 5.69 Å². The molecule has 0 saturated heterocycles. The minimum atomic E-state index is -3.76. The molecule has 0 fully saturated rings. The summed E-state index contributed by atoms with van der Waals surface area (Å²) in [5, 5.41) is 3.44. The normalized spacial score (nSPS) is 13.2. The zero-order valence-electron chi connectivity index (χ0n) is 19.1. The summed E-state index contributed by atoms with van der Waals surface area (Å²) in [7, 11) is -3.76. The van der Waals surface area contributed by atoms with E-state index in [9.17, 15) is 18.0 Å². The lowest BCUT2D eigenvalue weighted by Crippen LogP contribution is -2.52. The van der Waals surface area contributed by atoms with Crippen molar-refractivity contribution in [2.75, 3.05) is 17.1 Å². The van der Waals surface area contributed by atoms with E-state index in [-0.39, 0.29) is 18.5 Å². The van der Waals surface area contributed by atoms with E-state index < -0.39 is 28.5 Å². The van der Waals surface area contributed by atoms with Crippen molar-refractivity contribution in [1.29, 1.82) is 0 Å². The van der Waals surface area contributed by atoms with Gasteiger partial charge in [-0.15, -0.1) is 0 Å². The number of rotatable bonds is 10. The van der Waals surface area contributed by atoms with Crippen molar-refractivity contribution in [3.63, 3.8) is 0 Å². The minimum Gasteiger partial charge on any atom is -0.352 e. The smallest absolute Gasteiger partial charge is 0.244 e. The summed E-state index contributed by atoms with van der Waals surface area (Å²) < 4.78 is 26.8. The second kappa shape index (κ2) is 11.9. The Bertz CT molecular complexity index is 1080. The molecular formula is C23H29BrClN3O4S. The van der Waals surface area contributed by atoms with Crippen LogP contribution in [0.25, 0.3) is 0 Å². The van der Waals surface area contributed by atoms with Gasteiger partial charge < -0.3 is 10.2 Å². The number of anilines is 1. The molecule has 180 valence electrons. The molecule has 0 bridgehead atoms. The molecule has 0 aromatic heterocycles. The van der Waals surface area contributed by atoms with Crippen LogP contribution in [0.5, 0.6) is 0 Å². The number of carbonyl (C=O) groups is 2. The first-order valence-electron chi connectivity index (χ1n) is 10.5. The van der Waals surface area contributed by atoms with Crippen molar-refractivity contribution >= 4 is 55.1 Å². The fourth-order valence-electron chi connectivity index (χ4n) is 3.08. The predicted molar refractivity (Wildman–Crippen MR) is 136 cm³/mol. The van der Waals surface area contributed by atoms with Gasteiger partial charge in [-0.2, -0.15) is 0 Å². The zero-order chi connectivity index (χ0) is 24.8. The first kappa shape index (κ1) is 27.1. The van der Waals surface area contributed by atoms with Crippen LogP contribution in [0.1, 0.15) is 32.8 Å². The highest BCUT2D eigenvalue weighted by Crippen LogP contribution is 2.23. The molecule has 0 spiro atoms. The maximum atomic E-state index is 13.4. The van der Waals surface area contributed by atoms with Gasteiger partial charge in [0.05, 0.1) is 11.9 Å². The van der Waals surface area contributed by atoms with Crippen LogP contribution in [0.3, 0.4) is 0 Å². The first-order chi connectivity index (χ1) is 15.4. The summed E-state index contributed by atoms with van der Waals surface area (Å²) >= 11 is 9.31. The summed E-state index contributed by atoms with van der Waals surface area (Å²) in [5.74, 6) is -0.804. The molecule has 10 heteroatoms. The highest BCUT2D eigenvalue weighted by molar-refractivity contribution is 9.10. The lowest BCUT2D eigenvalue weighted by molar-refractivity contribution is -0.139. The third-order valence-electron chi connectivity index (χ3n) is 5.21. The number of amides is 2. The van der Waals surface area contributed by atoms with Gasteiger partial charge in [0.25, 0.3) is 0 Å². The molecule has 2 unspecified atom stereocenters. The Morgan fingerprint density at radius 2 is 1.76 bits per heavy atom.